The van der Waals surface area contributed by atoms with Crippen LogP contribution in [0.2, 0.25) is 0 Å². The number of ether oxygens (including phenoxy) is 2. The van der Waals surface area contributed by atoms with Crippen LogP contribution >= 0.6 is 0 Å². The van der Waals surface area contributed by atoms with Crippen molar-refractivity contribution in [2.75, 3.05) is 20.0 Å². The predicted molar refractivity (Wildman–Crippen MR) is 108 cm³/mol. The Morgan fingerprint density at radius 3 is 2.52 bits per heavy atom. The molecule has 0 radical (unpaired) electrons. The van der Waals surface area contributed by atoms with E-state index in [0.29, 0.717) is 34.6 Å². The first kappa shape index (κ1) is 17.0. The molecule has 0 amide bonds. The molecule has 0 unspecified atom stereocenters. The Bertz CT molecular complexity index is 1160. The second-order valence-electron chi connectivity index (χ2n) is 6.27. The second-order valence-corrected chi connectivity index (χ2v) is 6.27. The third kappa shape index (κ3) is 2.44. The zero-order chi connectivity index (χ0) is 19.1. The first-order chi connectivity index (χ1) is 13.1. The van der Waals surface area contributed by atoms with Gasteiger partial charge in [-0.1, -0.05) is 30.3 Å². The molecule has 4 rings (SSSR count). The van der Waals surface area contributed by atoms with Gasteiger partial charge in [-0.25, -0.2) is 4.98 Å². The summed E-state index contributed by atoms with van der Waals surface area (Å²) in [4.78, 5) is 4.82. The van der Waals surface area contributed by atoms with Crippen LogP contribution in [0.3, 0.4) is 0 Å². The molecule has 0 spiro atoms. The Balaban J connectivity index is 2.10. The molecule has 4 aromatic rings. The van der Waals surface area contributed by atoms with E-state index >= 15 is 0 Å². The molecule has 2 heterocycles. The maximum absolute atomic E-state index is 10.5. The number of aromatic nitrogens is 2. The summed E-state index contributed by atoms with van der Waals surface area (Å²) < 4.78 is 12.8. The van der Waals surface area contributed by atoms with E-state index in [1.54, 1.807) is 18.8 Å². The van der Waals surface area contributed by atoms with Crippen molar-refractivity contribution in [2.24, 2.45) is 0 Å². The van der Waals surface area contributed by atoms with E-state index in [1.807, 2.05) is 49.5 Å². The SMILES string of the molecule is CCn1cc2nc3c(-c4cccc(OC)c4OC)cccc3c(N)c2c1O. The molecule has 2 aromatic carbocycles. The quantitative estimate of drug-likeness (QED) is 0.568. The third-order valence-corrected chi connectivity index (χ3v) is 4.89. The maximum atomic E-state index is 10.5. The lowest BCUT2D eigenvalue weighted by Crippen LogP contribution is -1.96. The van der Waals surface area contributed by atoms with Gasteiger partial charge in [0.05, 0.1) is 36.3 Å². The monoisotopic (exact) mass is 363 g/mol. The van der Waals surface area contributed by atoms with E-state index in [0.717, 1.165) is 22.0 Å². The first-order valence-electron chi connectivity index (χ1n) is 8.72. The molecule has 27 heavy (non-hydrogen) atoms. The van der Waals surface area contributed by atoms with Crippen molar-refractivity contribution in [3.05, 3.63) is 42.6 Å². The Morgan fingerprint density at radius 2 is 1.81 bits per heavy atom. The summed E-state index contributed by atoms with van der Waals surface area (Å²) in [5.41, 5.74) is 10.1. The molecular weight excluding hydrogens is 342 g/mol. The highest BCUT2D eigenvalue weighted by Crippen LogP contribution is 2.43. The van der Waals surface area contributed by atoms with Crippen molar-refractivity contribution in [3.8, 4) is 28.5 Å². The highest BCUT2D eigenvalue weighted by molar-refractivity contribution is 6.12. The number of nitrogen functional groups attached to an aromatic ring is 1. The molecule has 0 bridgehead atoms. The molecule has 3 N–H and O–H groups in total. The van der Waals surface area contributed by atoms with Crippen LogP contribution in [-0.4, -0.2) is 28.9 Å². The number of para-hydroxylation sites is 2. The average molecular weight is 363 g/mol. The molecule has 0 saturated heterocycles. The van der Waals surface area contributed by atoms with Crippen LogP contribution in [0.5, 0.6) is 17.4 Å². The summed E-state index contributed by atoms with van der Waals surface area (Å²) >= 11 is 0. The molecule has 2 aromatic heterocycles. The Kier molecular flexibility index (Phi) is 4.03. The van der Waals surface area contributed by atoms with Gasteiger partial charge in [0, 0.05) is 29.3 Å². The lowest BCUT2D eigenvalue weighted by molar-refractivity contribution is 0.356. The van der Waals surface area contributed by atoms with E-state index in [2.05, 4.69) is 0 Å². The van der Waals surface area contributed by atoms with E-state index in [4.69, 9.17) is 20.2 Å². The van der Waals surface area contributed by atoms with Crippen molar-refractivity contribution in [1.82, 2.24) is 9.55 Å². The molecule has 0 aliphatic heterocycles. The first-order valence-corrected chi connectivity index (χ1v) is 8.72. The second kappa shape index (κ2) is 6.39. The Morgan fingerprint density at radius 1 is 1.07 bits per heavy atom. The highest BCUT2D eigenvalue weighted by Gasteiger charge is 2.19. The summed E-state index contributed by atoms with van der Waals surface area (Å²) in [6, 6.07) is 11.6. The topological polar surface area (TPSA) is 82.5 Å². The number of benzene rings is 2. The van der Waals surface area contributed by atoms with Gasteiger partial charge in [0.1, 0.15) is 0 Å². The average Bonchev–Trinajstić information content (AvgIpc) is 3.02. The predicted octanol–water partition coefficient (Wildman–Crippen LogP) is 4.18. The smallest absolute Gasteiger partial charge is 0.202 e. The number of methoxy groups -OCH3 is 2. The van der Waals surface area contributed by atoms with E-state index < -0.39 is 0 Å². The molecular formula is C21H21N3O3. The number of nitrogens with two attached hydrogens (primary N) is 1. The van der Waals surface area contributed by atoms with Gasteiger partial charge in [-0.3, -0.25) is 0 Å². The molecule has 0 atom stereocenters. The van der Waals surface area contributed by atoms with Crippen LogP contribution in [0.1, 0.15) is 6.92 Å². The number of nitrogens with zero attached hydrogens (tertiary/aromatic N) is 2. The number of aryl methyl sites for hydroxylation is 1. The normalized spacial score (nSPS) is 11.2. The zero-order valence-electron chi connectivity index (χ0n) is 15.5. The van der Waals surface area contributed by atoms with Crippen LogP contribution in [-0.2, 0) is 6.54 Å². The van der Waals surface area contributed by atoms with Gasteiger partial charge < -0.3 is 24.9 Å². The number of rotatable bonds is 4. The Labute approximate surface area is 156 Å². The van der Waals surface area contributed by atoms with Gasteiger partial charge in [0.25, 0.3) is 0 Å². The number of pyridine rings is 1. The minimum atomic E-state index is 0.142. The van der Waals surface area contributed by atoms with Gasteiger partial charge in [-0.05, 0) is 13.0 Å². The number of hydrogen-bond acceptors (Lipinski definition) is 5. The lowest BCUT2D eigenvalue weighted by Gasteiger charge is -2.14. The molecule has 0 aliphatic carbocycles. The largest absolute Gasteiger partial charge is 0.494 e. The Hall–Kier alpha value is -3.41. The summed E-state index contributed by atoms with van der Waals surface area (Å²) in [6.45, 7) is 2.59. The minimum Gasteiger partial charge on any atom is -0.494 e. The number of fused-ring (bicyclic) bond motifs is 2. The molecule has 6 heteroatoms. The van der Waals surface area contributed by atoms with Crippen molar-refractivity contribution in [2.45, 2.75) is 13.5 Å². The highest BCUT2D eigenvalue weighted by atomic mass is 16.5. The maximum Gasteiger partial charge on any atom is 0.202 e. The van der Waals surface area contributed by atoms with Crippen LogP contribution in [0, 0.1) is 0 Å². The lowest BCUT2D eigenvalue weighted by atomic mass is 9.99. The standard InChI is InChI=1S/C21H21N3O3/c1-4-24-11-15-17(21(24)25)18(22)14-9-5-7-12(19(14)23-15)13-8-6-10-16(26-2)20(13)27-3/h5-11,25H,4,22H2,1-3H3. The van der Waals surface area contributed by atoms with Crippen molar-refractivity contribution >= 4 is 27.5 Å². The molecule has 0 saturated carbocycles. The molecule has 6 nitrogen and oxygen atoms in total. The number of hydrogen-bond donors (Lipinski definition) is 2. The zero-order valence-corrected chi connectivity index (χ0v) is 15.5. The van der Waals surface area contributed by atoms with Crippen molar-refractivity contribution in [1.29, 1.82) is 0 Å². The molecule has 138 valence electrons. The summed E-state index contributed by atoms with van der Waals surface area (Å²) in [6.07, 6.45) is 1.82. The fourth-order valence-corrected chi connectivity index (χ4v) is 3.57. The summed E-state index contributed by atoms with van der Waals surface area (Å²) in [5, 5.41) is 11.8. The number of anilines is 1. The van der Waals surface area contributed by atoms with E-state index in [-0.39, 0.29) is 5.88 Å². The van der Waals surface area contributed by atoms with E-state index in [1.165, 1.54) is 0 Å². The van der Waals surface area contributed by atoms with Gasteiger partial charge in [0.15, 0.2) is 11.5 Å². The van der Waals surface area contributed by atoms with Gasteiger partial charge in [-0.2, -0.15) is 0 Å². The number of aromatic hydroxyl groups is 1. The van der Waals surface area contributed by atoms with Crippen LogP contribution in [0.4, 0.5) is 5.69 Å². The molecule has 0 fully saturated rings. The van der Waals surface area contributed by atoms with Gasteiger partial charge in [-0.15, -0.1) is 0 Å². The molecule has 0 aliphatic rings. The van der Waals surface area contributed by atoms with Crippen molar-refractivity contribution in [3.63, 3.8) is 0 Å². The summed E-state index contributed by atoms with van der Waals surface area (Å²) in [5.74, 6) is 1.43. The van der Waals surface area contributed by atoms with Crippen molar-refractivity contribution < 1.29 is 14.6 Å². The van der Waals surface area contributed by atoms with Gasteiger partial charge in [0.2, 0.25) is 5.88 Å². The fraction of sp³-hybridized carbons (Fsp3) is 0.190. The minimum absolute atomic E-state index is 0.142. The van der Waals surface area contributed by atoms with Crippen LogP contribution in [0.15, 0.2) is 42.6 Å². The van der Waals surface area contributed by atoms with Gasteiger partial charge >= 0.3 is 0 Å². The third-order valence-electron chi connectivity index (χ3n) is 4.89. The summed E-state index contributed by atoms with van der Waals surface area (Å²) in [7, 11) is 3.23. The van der Waals surface area contributed by atoms with E-state index in [9.17, 15) is 5.11 Å². The van der Waals surface area contributed by atoms with Crippen LogP contribution in [0.25, 0.3) is 32.9 Å². The van der Waals surface area contributed by atoms with Crippen LogP contribution < -0.4 is 15.2 Å². The fourth-order valence-electron chi connectivity index (χ4n) is 3.57.